The van der Waals surface area contributed by atoms with Gasteiger partial charge in [-0.2, -0.15) is 0 Å². The molecular formula is C36H30FN3O3. The fourth-order valence-electron chi connectivity index (χ4n) is 5.28. The average Bonchev–Trinajstić information content (AvgIpc) is 3.04. The molecule has 6 nitrogen and oxygen atoms in total. The lowest BCUT2D eigenvalue weighted by Crippen LogP contribution is -2.49. The van der Waals surface area contributed by atoms with Gasteiger partial charge in [0.15, 0.2) is 6.61 Å². The highest BCUT2D eigenvalue weighted by atomic mass is 19.1. The Kier molecular flexibility index (Phi) is 7.87. The molecule has 2 amide bonds. The van der Waals surface area contributed by atoms with Gasteiger partial charge in [0.1, 0.15) is 17.7 Å². The molecular weight excluding hydrogens is 541 g/mol. The second-order valence-electron chi connectivity index (χ2n) is 10.4. The van der Waals surface area contributed by atoms with Crippen molar-refractivity contribution < 1.29 is 18.7 Å². The van der Waals surface area contributed by atoms with Crippen LogP contribution in [0.5, 0.6) is 5.75 Å². The molecule has 0 bridgehead atoms. The van der Waals surface area contributed by atoms with Crippen molar-refractivity contribution in [3.8, 4) is 5.75 Å². The molecule has 43 heavy (non-hydrogen) atoms. The molecule has 1 aliphatic rings. The van der Waals surface area contributed by atoms with Crippen molar-refractivity contribution in [3.63, 3.8) is 0 Å². The van der Waals surface area contributed by atoms with E-state index in [9.17, 15) is 14.0 Å². The van der Waals surface area contributed by atoms with Crippen LogP contribution in [0.4, 0.5) is 21.5 Å². The molecule has 6 rings (SSSR count). The Morgan fingerprint density at radius 3 is 2.21 bits per heavy atom. The maximum absolute atomic E-state index is 14.1. The summed E-state index contributed by atoms with van der Waals surface area (Å²) < 4.78 is 18.9. The second-order valence-corrected chi connectivity index (χ2v) is 10.4. The monoisotopic (exact) mass is 571 g/mol. The topological polar surface area (TPSA) is 61.9 Å². The molecule has 0 saturated heterocycles. The standard InChI is InChI=1S/C36H30FN3O3/c1-25-11-19-30(20-12-25)40-35(39(23-26-7-3-2-4-8-26)33-10-6-5-9-32(33)36(40)42)27-13-21-31(22-14-27)43-24-34(41)38-29-17-15-28(37)16-18-29/h2-22,35H,23-24H2,1H3,(H,38,41)/t35-/m1/s1. The normalized spacial score (nSPS) is 14.3. The number of rotatable bonds is 8. The van der Waals surface area contributed by atoms with E-state index in [1.165, 1.54) is 24.3 Å². The van der Waals surface area contributed by atoms with Gasteiger partial charge in [-0.05, 0) is 78.7 Å². The molecule has 0 spiro atoms. The molecule has 214 valence electrons. The van der Waals surface area contributed by atoms with Crippen LogP contribution < -0.4 is 19.9 Å². The maximum atomic E-state index is 14.1. The summed E-state index contributed by atoms with van der Waals surface area (Å²) in [6, 6.07) is 38.9. The number of nitrogens with one attached hydrogen (secondary N) is 1. The lowest BCUT2D eigenvalue weighted by atomic mass is 9.99. The maximum Gasteiger partial charge on any atom is 0.262 e. The zero-order chi connectivity index (χ0) is 29.8. The molecule has 0 saturated carbocycles. The van der Waals surface area contributed by atoms with Gasteiger partial charge in [0.05, 0.1) is 11.3 Å². The lowest BCUT2D eigenvalue weighted by molar-refractivity contribution is -0.118. The SMILES string of the molecule is Cc1ccc(N2C(=O)c3ccccc3N(Cc3ccccc3)[C@H]2c2ccc(OCC(=O)Nc3ccc(F)cc3)cc2)cc1. The third-order valence-corrected chi connectivity index (χ3v) is 7.39. The first kappa shape index (κ1) is 27.7. The van der Waals surface area contributed by atoms with Crippen molar-refractivity contribution in [2.24, 2.45) is 0 Å². The van der Waals surface area contributed by atoms with Crippen molar-refractivity contribution in [3.05, 3.63) is 155 Å². The number of fused-ring (bicyclic) bond motifs is 1. The summed E-state index contributed by atoms with van der Waals surface area (Å²) in [5, 5.41) is 2.69. The van der Waals surface area contributed by atoms with Crippen LogP contribution in [0.15, 0.2) is 127 Å². The number of ether oxygens (including phenoxy) is 1. The van der Waals surface area contributed by atoms with E-state index in [-0.39, 0.29) is 24.2 Å². The Morgan fingerprint density at radius 1 is 0.814 bits per heavy atom. The third kappa shape index (κ3) is 6.11. The van der Waals surface area contributed by atoms with Gasteiger partial charge in [-0.3, -0.25) is 14.5 Å². The van der Waals surface area contributed by atoms with Crippen molar-refractivity contribution in [1.29, 1.82) is 0 Å². The Hall–Kier alpha value is -5.43. The molecule has 5 aromatic carbocycles. The van der Waals surface area contributed by atoms with Gasteiger partial charge >= 0.3 is 0 Å². The van der Waals surface area contributed by atoms with Crippen molar-refractivity contribution in [2.45, 2.75) is 19.6 Å². The van der Waals surface area contributed by atoms with E-state index in [0.29, 0.717) is 23.5 Å². The van der Waals surface area contributed by atoms with E-state index in [1.54, 1.807) is 12.1 Å². The van der Waals surface area contributed by atoms with E-state index in [0.717, 1.165) is 28.1 Å². The summed E-state index contributed by atoms with van der Waals surface area (Å²) in [5.74, 6) is -0.297. The highest BCUT2D eigenvalue weighted by Gasteiger charge is 2.39. The molecule has 0 aromatic heterocycles. The van der Waals surface area contributed by atoms with Crippen LogP contribution >= 0.6 is 0 Å². The molecule has 0 aliphatic carbocycles. The highest BCUT2D eigenvalue weighted by Crippen LogP contribution is 2.42. The summed E-state index contributed by atoms with van der Waals surface area (Å²) in [5.41, 5.74) is 5.91. The molecule has 1 atom stereocenters. The number of hydrogen-bond acceptors (Lipinski definition) is 4. The number of benzene rings is 5. The molecule has 0 radical (unpaired) electrons. The summed E-state index contributed by atoms with van der Waals surface area (Å²) in [6.07, 6.45) is -0.443. The minimum absolute atomic E-state index is 0.0773. The van der Waals surface area contributed by atoms with Gasteiger partial charge in [-0.15, -0.1) is 0 Å². The first-order valence-corrected chi connectivity index (χ1v) is 14.0. The third-order valence-electron chi connectivity index (χ3n) is 7.39. The van der Waals surface area contributed by atoms with Crippen LogP contribution in [0.25, 0.3) is 0 Å². The average molecular weight is 572 g/mol. The van der Waals surface area contributed by atoms with Gasteiger partial charge in [-0.25, -0.2) is 4.39 Å². The summed E-state index contributed by atoms with van der Waals surface area (Å²) >= 11 is 0. The Balaban J connectivity index is 1.31. The zero-order valence-electron chi connectivity index (χ0n) is 23.6. The van der Waals surface area contributed by atoms with Crippen LogP contribution in [0.2, 0.25) is 0 Å². The number of amides is 2. The first-order chi connectivity index (χ1) is 21.0. The van der Waals surface area contributed by atoms with Crippen LogP contribution in [-0.2, 0) is 11.3 Å². The van der Waals surface area contributed by atoms with Crippen LogP contribution in [0.1, 0.15) is 33.2 Å². The predicted octanol–water partition coefficient (Wildman–Crippen LogP) is 7.52. The molecule has 1 aliphatic heterocycles. The van der Waals surface area contributed by atoms with Gasteiger partial charge in [0.2, 0.25) is 0 Å². The predicted molar refractivity (Wildman–Crippen MR) is 167 cm³/mol. The van der Waals surface area contributed by atoms with Gasteiger partial charge in [0.25, 0.3) is 11.8 Å². The fourth-order valence-corrected chi connectivity index (χ4v) is 5.28. The number of hydrogen-bond donors (Lipinski definition) is 1. The molecule has 1 heterocycles. The molecule has 7 heteroatoms. The van der Waals surface area contributed by atoms with E-state index >= 15 is 0 Å². The van der Waals surface area contributed by atoms with E-state index in [1.807, 2.05) is 90.7 Å². The minimum atomic E-state index is -0.443. The first-order valence-electron chi connectivity index (χ1n) is 14.0. The summed E-state index contributed by atoms with van der Waals surface area (Å²) in [7, 11) is 0. The fraction of sp³-hybridized carbons (Fsp3) is 0.111. The van der Waals surface area contributed by atoms with Crippen molar-refractivity contribution in [1.82, 2.24) is 0 Å². The number of nitrogens with zero attached hydrogens (tertiary/aromatic N) is 2. The Morgan fingerprint density at radius 2 is 1.49 bits per heavy atom. The zero-order valence-corrected chi connectivity index (χ0v) is 23.6. The van der Waals surface area contributed by atoms with E-state index in [4.69, 9.17) is 4.74 Å². The molecule has 0 fully saturated rings. The van der Waals surface area contributed by atoms with Gasteiger partial charge < -0.3 is 15.0 Å². The number of halogens is 1. The smallest absolute Gasteiger partial charge is 0.262 e. The second kappa shape index (κ2) is 12.2. The Bertz CT molecular complexity index is 1720. The Labute approximate surface area is 250 Å². The summed E-state index contributed by atoms with van der Waals surface area (Å²) in [4.78, 5) is 30.6. The minimum Gasteiger partial charge on any atom is -0.484 e. The van der Waals surface area contributed by atoms with Crippen LogP contribution in [-0.4, -0.2) is 18.4 Å². The van der Waals surface area contributed by atoms with Crippen molar-refractivity contribution >= 4 is 28.9 Å². The van der Waals surface area contributed by atoms with Gasteiger partial charge in [0, 0.05) is 17.9 Å². The number of carbonyl (C=O) groups excluding carboxylic acids is 2. The lowest BCUT2D eigenvalue weighted by Gasteiger charge is -2.46. The number of para-hydroxylation sites is 1. The molecule has 5 aromatic rings. The quantitative estimate of drug-likeness (QED) is 0.209. The van der Waals surface area contributed by atoms with Gasteiger partial charge in [-0.1, -0.05) is 72.3 Å². The van der Waals surface area contributed by atoms with E-state index < -0.39 is 6.17 Å². The summed E-state index contributed by atoms with van der Waals surface area (Å²) in [6.45, 7) is 2.40. The number of anilines is 3. The number of aryl methyl sites for hydroxylation is 1. The van der Waals surface area contributed by atoms with E-state index in [2.05, 4.69) is 22.3 Å². The largest absolute Gasteiger partial charge is 0.484 e. The molecule has 0 unspecified atom stereocenters. The van der Waals surface area contributed by atoms with Crippen LogP contribution in [0, 0.1) is 12.7 Å². The highest BCUT2D eigenvalue weighted by molar-refractivity contribution is 6.12. The molecule has 1 N–H and O–H groups in total. The number of carbonyl (C=O) groups is 2. The van der Waals surface area contributed by atoms with Crippen LogP contribution in [0.3, 0.4) is 0 Å². The van der Waals surface area contributed by atoms with Crippen molar-refractivity contribution in [2.75, 3.05) is 21.7 Å².